The van der Waals surface area contributed by atoms with Crippen molar-refractivity contribution in [2.75, 3.05) is 5.75 Å². The smallest absolute Gasteiger partial charge is 0.233 e. The van der Waals surface area contributed by atoms with Crippen LogP contribution < -0.4 is 0 Å². The van der Waals surface area contributed by atoms with Gasteiger partial charge < -0.3 is 4.90 Å². The molecule has 0 radical (unpaired) electrons. The highest BCUT2D eigenvalue weighted by molar-refractivity contribution is 7.99. The minimum atomic E-state index is -0.262. The number of hydrogen-bond donors (Lipinski definition) is 1. The van der Waals surface area contributed by atoms with Crippen LogP contribution in [0.4, 0.5) is 0 Å². The van der Waals surface area contributed by atoms with Crippen molar-refractivity contribution >= 4 is 17.7 Å². The number of nitrogens with one attached hydrogen (secondary N) is 1. The van der Waals surface area contributed by atoms with Gasteiger partial charge in [0.05, 0.1) is 5.75 Å². The number of carbonyl (C=O) groups excluding carboxylic acids is 1. The van der Waals surface area contributed by atoms with Gasteiger partial charge in [-0.1, -0.05) is 72.4 Å². The van der Waals surface area contributed by atoms with Crippen molar-refractivity contribution in [1.29, 1.82) is 0 Å². The summed E-state index contributed by atoms with van der Waals surface area (Å²) < 4.78 is 0. The molecule has 2 aromatic carbocycles. The second-order valence-electron chi connectivity index (χ2n) is 7.26. The molecular weight excluding hydrogens is 356 g/mol. The number of thioether (sulfide) groups is 1. The van der Waals surface area contributed by atoms with Crippen LogP contribution in [0.1, 0.15) is 26.3 Å². The Morgan fingerprint density at radius 2 is 1.67 bits per heavy atom. The molecule has 1 N–H and O–H groups in total. The molecule has 3 aromatic rings. The van der Waals surface area contributed by atoms with Crippen molar-refractivity contribution in [1.82, 2.24) is 20.1 Å². The lowest BCUT2D eigenvalue weighted by molar-refractivity contribution is -0.133. The molecule has 1 amide bonds. The highest BCUT2D eigenvalue weighted by Crippen LogP contribution is 2.22. The molecule has 6 heteroatoms. The molecule has 1 heterocycles. The van der Waals surface area contributed by atoms with Crippen LogP contribution in [0, 0.1) is 0 Å². The second kappa shape index (κ2) is 8.39. The Morgan fingerprint density at radius 3 is 2.30 bits per heavy atom. The summed E-state index contributed by atoms with van der Waals surface area (Å²) in [7, 11) is 0. The van der Waals surface area contributed by atoms with E-state index in [4.69, 9.17) is 0 Å². The lowest BCUT2D eigenvalue weighted by Gasteiger charge is -2.35. The van der Waals surface area contributed by atoms with Gasteiger partial charge in [-0.15, -0.1) is 5.10 Å². The maximum Gasteiger partial charge on any atom is 0.233 e. The van der Waals surface area contributed by atoms with Crippen LogP contribution in [-0.2, 0) is 11.3 Å². The molecule has 5 nitrogen and oxygen atoms in total. The fraction of sp³-hybridized carbons (Fsp3) is 0.286. The van der Waals surface area contributed by atoms with E-state index in [0.29, 0.717) is 23.3 Å². The summed E-state index contributed by atoms with van der Waals surface area (Å²) in [6.45, 7) is 6.75. The average Bonchev–Trinajstić information content (AvgIpc) is 3.14. The molecule has 27 heavy (non-hydrogen) atoms. The maximum absolute atomic E-state index is 12.9. The molecule has 0 bridgehead atoms. The van der Waals surface area contributed by atoms with Crippen molar-refractivity contribution in [2.45, 2.75) is 38.0 Å². The number of aromatic nitrogens is 3. The minimum absolute atomic E-state index is 0.0717. The van der Waals surface area contributed by atoms with E-state index in [1.807, 2.05) is 65.6 Å². The number of amides is 1. The summed E-state index contributed by atoms with van der Waals surface area (Å²) >= 11 is 1.35. The summed E-state index contributed by atoms with van der Waals surface area (Å²) in [6, 6.07) is 19.9. The van der Waals surface area contributed by atoms with Gasteiger partial charge in [0.1, 0.15) is 0 Å². The Balaban J connectivity index is 1.65. The fourth-order valence-electron chi connectivity index (χ4n) is 2.71. The van der Waals surface area contributed by atoms with E-state index in [-0.39, 0.29) is 11.4 Å². The first-order valence-electron chi connectivity index (χ1n) is 8.88. The maximum atomic E-state index is 12.9. The average molecular weight is 381 g/mol. The summed E-state index contributed by atoms with van der Waals surface area (Å²) in [5.74, 6) is 1.08. The first kappa shape index (κ1) is 19.2. The largest absolute Gasteiger partial charge is 0.333 e. The molecule has 0 saturated heterocycles. The van der Waals surface area contributed by atoms with E-state index in [0.717, 1.165) is 11.1 Å². The van der Waals surface area contributed by atoms with E-state index >= 15 is 0 Å². The van der Waals surface area contributed by atoms with Gasteiger partial charge >= 0.3 is 0 Å². The van der Waals surface area contributed by atoms with Gasteiger partial charge in [-0.25, -0.2) is 4.98 Å². The summed E-state index contributed by atoms with van der Waals surface area (Å²) in [4.78, 5) is 19.3. The molecule has 0 saturated carbocycles. The Bertz CT molecular complexity index is 872. The van der Waals surface area contributed by atoms with Crippen molar-refractivity contribution in [2.24, 2.45) is 0 Å². The number of carbonyl (C=O) groups is 1. The monoisotopic (exact) mass is 380 g/mol. The number of hydrogen-bond acceptors (Lipinski definition) is 4. The molecule has 0 fully saturated rings. The van der Waals surface area contributed by atoms with Crippen LogP contribution in [0.25, 0.3) is 11.4 Å². The molecule has 0 atom stereocenters. The third-order valence-electron chi connectivity index (χ3n) is 4.13. The molecule has 0 aliphatic rings. The molecule has 1 aromatic heterocycles. The number of benzene rings is 2. The van der Waals surface area contributed by atoms with Crippen LogP contribution in [0.5, 0.6) is 0 Å². The van der Waals surface area contributed by atoms with Gasteiger partial charge in [-0.2, -0.15) is 0 Å². The lowest BCUT2D eigenvalue weighted by atomic mass is 10.0. The second-order valence-corrected chi connectivity index (χ2v) is 8.20. The van der Waals surface area contributed by atoms with Gasteiger partial charge in [0.2, 0.25) is 11.1 Å². The summed E-state index contributed by atoms with van der Waals surface area (Å²) in [5.41, 5.74) is 1.83. The van der Waals surface area contributed by atoms with Gasteiger partial charge in [-0.3, -0.25) is 9.89 Å². The molecule has 140 valence electrons. The first-order valence-corrected chi connectivity index (χ1v) is 9.87. The van der Waals surface area contributed by atoms with Crippen LogP contribution in [0.3, 0.4) is 0 Å². The van der Waals surface area contributed by atoms with Gasteiger partial charge in [-0.05, 0) is 26.3 Å². The van der Waals surface area contributed by atoms with Crippen molar-refractivity contribution in [3.63, 3.8) is 0 Å². The Morgan fingerprint density at radius 1 is 1.04 bits per heavy atom. The van der Waals surface area contributed by atoms with Gasteiger partial charge in [0, 0.05) is 17.6 Å². The van der Waals surface area contributed by atoms with E-state index in [1.54, 1.807) is 0 Å². The zero-order chi connectivity index (χ0) is 19.3. The quantitative estimate of drug-likeness (QED) is 0.644. The van der Waals surface area contributed by atoms with E-state index in [1.165, 1.54) is 11.8 Å². The molecule has 0 aliphatic heterocycles. The zero-order valence-electron chi connectivity index (χ0n) is 15.8. The number of H-pyrrole nitrogens is 1. The predicted molar refractivity (Wildman–Crippen MR) is 109 cm³/mol. The normalized spacial score (nSPS) is 11.4. The SMILES string of the molecule is CC(C)(C)N(Cc1ccccc1)C(=O)CSc1n[nH]c(-c2ccccc2)n1. The molecule has 0 unspecified atom stereocenters. The van der Waals surface area contributed by atoms with Crippen LogP contribution in [0.15, 0.2) is 65.8 Å². The Kier molecular flexibility index (Phi) is 5.96. The van der Waals surface area contributed by atoms with E-state index in [9.17, 15) is 4.79 Å². The Hall–Kier alpha value is -2.60. The number of aromatic amines is 1. The van der Waals surface area contributed by atoms with Crippen LogP contribution >= 0.6 is 11.8 Å². The highest BCUT2D eigenvalue weighted by Gasteiger charge is 2.26. The predicted octanol–water partition coefficient (Wildman–Crippen LogP) is 4.39. The molecular formula is C21H24N4OS. The van der Waals surface area contributed by atoms with Crippen LogP contribution in [0.2, 0.25) is 0 Å². The van der Waals surface area contributed by atoms with Crippen molar-refractivity contribution in [3.8, 4) is 11.4 Å². The first-order chi connectivity index (χ1) is 12.9. The molecule has 0 aliphatic carbocycles. The zero-order valence-corrected chi connectivity index (χ0v) is 16.7. The van der Waals surface area contributed by atoms with E-state index < -0.39 is 0 Å². The summed E-state index contributed by atoms with van der Waals surface area (Å²) in [5, 5.41) is 7.74. The summed E-state index contributed by atoms with van der Waals surface area (Å²) in [6.07, 6.45) is 0. The van der Waals surface area contributed by atoms with Gasteiger partial charge in [0.15, 0.2) is 5.82 Å². The fourth-order valence-corrected chi connectivity index (χ4v) is 3.38. The topological polar surface area (TPSA) is 61.9 Å². The van der Waals surface area contributed by atoms with Gasteiger partial charge in [0.25, 0.3) is 0 Å². The van der Waals surface area contributed by atoms with E-state index in [2.05, 4.69) is 36.0 Å². The lowest BCUT2D eigenvalue weighted by Crippen LogP contribution is -2.45. The molecule has 0 spiro atoms. The van der Waals surface area contributed by atoms with Crippen molar-refractivity contribution < 1.29 is 4.79 Å². The number of rotatable bonds is 6. The Labute approximate surface area is 164 Å². The standard InChI is InChI=1S/C21H24N4OS/c1-21(2,3)25(14-16-10-6-4-7-11-16)18(26)15-27-20-22-19(23-24-20)17-12-8-5-9-13-17/h4-13H,14-15H2,1-3H3,(H,22,23,24). The molecule has 3 rings (SSSR count). The third-order valence-corrected chi connectivity index (χ3v) is 4.96. The number of nitrogens with zero attached hydrogens (tertiary/aromatic N) is 3. The van der Waals surface area contributed by atoms with Crippen LogP contribution in [-0.4, -0.2) is 37.3 Å². The minimum Gasteiger partial charge on any atom is -0.333 e. The third kappa shape index (κ3) is 5.20. The van der Waals surface area contributed by atoms with Crippen molar-refractivity contribution in [3.05, 3.63) is 66.2 Å². The highest BCUT2D eigenvalue weighted by atomic mass is 32.2.